The smallest absolute Gasteiger partial charge is 0.278 e. The number of fused-ring (bicyclic) bond motifs is 4. The Balaban J connectivity index is 1.57. The van der Waals surface area contributed by atoms with Crippen LogP contribution in [0.2, 0.25) is 0 Å². The molecule has 2 amide bonds. The third-order valence-corrected chi connectivity index (χ3v) is 7.75. The highest BCUT2D eigenvalue weighted by Crippen LogP contribution is 2.32. The molecular formula is C29H29F3N4O5. The van der Waals surface area contributed by atoms with Crippen molar-refractivity contribution in [1.29, 1.82) is 0 Å². The van der Waals surface area contributed by atoms with Gasteiger partial charge in [-0.05, 0) is 25.8 Å². The molecule has 0 aliphatic carbocycles. The molecule has 2 aliphatic heterocycles. The van der Waals surface area contributed by atoms with Crippen LogP contribution in [0.3, 0.4) is 0 Å². The summed E-state index contributed by atoms with van der Waals surface area (Å²) < 4.78 is 49.0. The van der Waals surface area contributed by atoms with Crippen molar-refractivity contribution in [2.75, 3.05) is 18.3 Å². The predicted molar refractivity (Wildman–Crippen MR) is 142 cm³/mol. The number of aliphatic hydroxyl groups is 1. The molecule has 0 saturated carbocycles. The summed E-state index contributed by atoms with van der Waals surface area (Å²) in [6, 6.07) is 9.37. The number of hydrogen-bond acceptors (Lipinski definition) is 6. The lowest BCUT2D eigenvalue weighted by Crippen LogP contribution is -2.57. The van der Waals surface area contributed by atoms with Gasteiger partial charge < -0.3 is 20.1 Å². The SMILES string of the molecule is C[C@@H]1C[C@@H](CO)[C@H](C)N2CN1n1cc(C(=O)NCc3c(F)cc(F)cc3F)c(=O)c(OCc3ccccc3)c1C2=O. The monoisotopic (exact) mass is 570 g/mol. The van der Waals surface area contributed by atoms with Crippen LogP contribution in [0.1, 0.15) is 52.2 Å². The van der Waals surface area contributed by atoms with E-state index < -0.39 is 52.4 Å². The van der Waals surface area contributed by atoms with E-state index in [1.165, 1.54) is 10.9 Å². The zero-order valence-corrected chi connectivity index (χ0v) is 22.4. The van der Waals surface area contributed by atoms with Gasteiger partial charge in [0.2, 0.25) is 5.43 Å². The van der Waals surface area contributed by atoms with Gasteiger partial charge in [0.25, 0.3) is 11.8 Å². The number of aliphatic hydroxyl groups excluding tert-OH is 1. The van der Waals surface area contributed by atoms with Crippen molar-refractivity contribution in [2.45, 2.75) is 45.5 Å². The molecule has 1 fully saturated rings. The van der Waals surface area contributed by atoms with E-state index in [1.807, 2.05) is 19.9 Å². The lowest BCUT2D eigenvalue weighted by atomic mass is 9.94. The zero-order chi connectivity index (χ0) is 29.4. The summed E-state index contributed by atoms with van der Waals surface area (Å²) in [5.41, 5.74) is -1.22. The predicted octanol–water partition coefficient (Wildman–Crippen LogP) is 2.92. The van der Waals surface area contributed by atoms with Crippen LogP contribution in [0.15, 0.2) is 53.5 Å². The van der Waals surface area contributed by atoms with Crippen molar-refractivity contribution in [2.24, 2.45) is 5.92 Å². The van der Waals surface area contributed by atoms with Crippen molar-refractivity contribution in [1.82, 2.24) is 14.9 Å². The lowest BCUT2D eigenvalue weighted by molar-refractivity contribution is 0.0538. The summed E-state index contributed by atoms with van der Waals surface area (Å²) >= 11 is 0. The number of halogens is 3. The second kappa shape index (κ2) is 11.3. The Morgan fingerprint density at radius 3 is 2.44 bits per heavy atom. The first-order valence-electron chi connectivity index (χ1n) is 13.2. The topological polar surface area (TPSA) is 104 Å². The molecule has 2 aromatic carbocycles. The maximum atomic E-state index is 14.2. The van der Waals surface area contributed by atoms with Crippen LogP contribution in [-0.2, 0) is 13.2 Å². The van der Waals surface area contributed by atoms with Crippen molar-refractivity contribution in [3.05, 3.63) is 98.7 Å². The van der Waals surface area contributed by atoms with E-state index in [9.17, 15) is 32.7 Å². The highest BCUT2D eigenvalue weighted by atomic mass is 19.1. The maximum Gasteiger partial charge on any atom is 0.278 e. The normalized spacial score (nSPS) is 20.0. The number of carbonyl (C=O) groups is 2. The van der Waals surface area contributed by atoms with Crippen LogP contribution < -0.4 is 20.5 Å². The Kier molecular flexibility index (Phi) is 7.76. The Labute approximate surface area is 233 Å². The van der Waals surface area contributed by atoms with Crippen LogP contribution >= 0.6 is 0 Å². The van der Waals surface area contributed by atoms with Crippen LogP contribution in [0.4, 0.5) is 13.2 Å². The van der Waals surface area contributed by atoms with Crippen molar-refractivity contribution in [3.63, 3.8) is 0 Å². The number of rotatable bonds is 7. The van der Waals surface area contributed by atoms with E-state index in [0.717, 1.165) is 0 Å². The van der Waals surface area contributed by atoms with Crippen molar-refractivity contribution >= 4 is 11.8 Å². The van der Waals surface area contributed by atoms with Gasteiger partial charge in [-0.15, -0.1) is 0 Å². The Hall–Kier alpha value is -4.32. The maximum absolute atomic E-state index is 14.2. The Morgan fingerprint density at radius 2 is 1.78 bits per heavy atom. The molecule has 12 heteroatoms. The molecule has 5 rings (SSSR count). The molecule has 1 saturated heterocycles. The summed E-state index contributed by atoms with van der Waals surface area (Å²) in [5.74, 6) is -5.51. The fourth-order valence-electron chi connectivity index (χ4n) is 5.34. The van der Waals surface area contributed by atoms with Crippen molar-refractivity contribution in [3.8, 4) is 5.75 Å². The summed E-state index contributed by atoms with van der Waals surface area (Å²) in [4.78, 5) is 42.3. The van der Waals surface area contributed by atoms with Gasteiger partial charge in [0.1, 0.15) is 36.3 Å². The average molecular weight is 571 g/mol. The molecular weight excluding hydrogens is 541 g/mol. The molecule has 2 N–H and O–H groups in total. The van der Waals surface area contributed by atoms with Gasteiger partial charge in [0.15, 0.2) is 11.4 Å². The van der Waals surface area contributed by atoms with Gasteiger partial charge >= 0.3 is 0 Å². The minimum absolute atomic E-state index is 0.0679. The van der Waals surface area contributed by atoms with E-state index >= 15 is 0 Å². The largest absolute Gasteiger partial charge is 0.482 e. The van der Waals surface area contributed by atoms with E-state index in [2.05, 4.69) is 5.32 Å². The van der Waals surface area contributed by atoms with Gasteiger partial charge in [-0.2, -0.15) is 0 Å². The number of aromatic nitrogens is 1. The number of pyridine rings is 1. The number of carbonyl (C=O) groups excluding carboxylic acids is 2. The first-order chi connectivity index (χ1) is 19.6. The van der Waals surface area contributed by atoms with Gasteiger partial charge in [-0.1, -0.05) is 30.3 Å². The quantitative estimate of drug-likeness (QED) is 0.453. The molecule has 0 radical (unpaired) electrons. The third kappa shape index (κ3) is 5.26. The van der Waals surface area contributed by atoms with Crippen LogP contribution in [0.5, 0.6) is 5.75 Å². The molecule has 2 bridgehead atoms. The number of amides is 2. The number of hydrogen-bond donors (Lipinski definition) is 2. The van der Waals surface area contributed by atoms with Crippen LogP contribution in [0.25, 0.3) is 0 Å². The second-order valence-electron chi connectivity index (χ2n) is 10.3. The molecule has 9 nitrogen and oxygen atoms in total. The standard InChI is InChI=1S/C29H29F3N4O5/c1-16-8-19(13-37)17(2)34-15-36(16)35-12-22(28(39)33-11-21-23(31)9-20(30)10-24(21)32)26(38)27(25(35)29(34)40)41-14-18-6-4-3-5-7-18/h3-7,9-10,12,16-17,19,37H,8,11,13-15H2,1-2H3,(H,33,39)/t16-,17+,19+/m1/s1. The summed E-state index contributed by atoms with van der Waals surface area (Å²) in [6.07, 6.45) is 1.74. The first kappa shape index (κ1) is 28.2. The highest BCUT2D eigenvalue weighted by molar-refractivity contribution is 5.99. The second-order valence-corrected chi connectivity index (χ2v) is 10.3. The van der Waals surface area contributed by atoms with Crippen molar-refractivity contribution < 1.29 is 32.6 Å². The average Bonchev–Trinajstić information content (AvgIpc) is 3.05. The summed E-state index contributed by atoms with van der Waals surface area (Å²) in [5, 5.41) is 14.1. The molecule has 3 aromatic rings. The highest BCUT2D eigenvalue weighted by Gasteiger charge is 2.43. The van der Waals surface area contributed by atoms with E-state index in [0.29, 0.717) is 24.1 Å². The molecule has 3 atom stereocenters. The molecule has 216 valence electrons. The zero-order valence-electron chi connectivity index (χ0n) is 22.4. The number of benzene rings is 2. The molecule has 41 heavy (non-hydrogen) atoms. The van der Waals surface area contributed by atoms with E-state index in [4.69, 9.17) is 4.74 Å². The third-order valence-electron chi connectivity index (χ3n) is 7.75. The molecule has 2 aliphatic rings. The number of ether oxygens (including phenoxy) is 1. The molecule has 1 aromatic heterocycles. The van der Waals surface area contributed by atoms with E-state index in [1.54, 1.807) is 34.2 Å². The Bertz CT molecular complexity index is 1520. The molecule has 3 heterocycles. The lowest BCUT2D eigenvalue weighted by Gasteiger charge is -2.42. The molecule has 0 unspecified atom stereocenters. The molecule has 0 spiro atoms. The number of nitrogens with zero attached hydrogens (tertiary/aromatic N) is 3. The van der Waals surface area contributed by atoms with Crippen LogP contribution in [0, 0.1) is 23.4 Å². The fraction of sp³-hybridized carbons (Fsp3) is 0.345. The number of nitrogens with one attached hydrogen (secondary N) is 1. The van der Waals surface area contributed by atoms with E-state index in [-0.39, 0.29) is 49.3 Å². The first-order valence-corrected chi connectivity index (χ1v) is 13.2. The van der Waals surface area contributed by atoms with Gasteiger partial charge in [-0.25, -0.2) is 13.2 Å². The minimum atomic E-state index is -1.19. The van der Waals surface area contributed by atoms with Gasteiger partial charge in [0, 0.05) is 55.0 Å². The summed E-state index contributed by atoms with van der Waals surface area (Å²) in [6.45, 7) is 3.01. The van der Waals surface area contributed by atoms with Crippen LogP contribution in [-0.4, -0.2) is 51.9 Å². The minimum Gasteiger partial charge on any atom is -0.482 e. The fourth-order valence-corrected chi connectivity index (χ4v) is 5.34. The summed E-state index contributed by atoms with van der Waals surface area (Å²) in [7, 11) is 0. The van der Waals surface area contributed by atoms with Gasteiger partial charge in [0.05, 0.1) is 0 Å². The Morgan fingerprint density at radius 1 is 1.10 bits per heavy atom. The van der Waals surface area contributed by atoms with Gasteiger partial charge in [-0.3, -0.25) is 24.1 Å².